The number of non-ortho nitro benzene ring substituents is 1. The van der Waals surface area contributed by atoms with Gasteiger partial charge in [0.1, 0.15) is 0 Å². The van der Waals surface area contributed by atoms with Gasteiger partial charge in [-0.3, -0.25) is 15.1 Å². The van der Waals surface area contributed by atoms with Gasteiger partial charge in [0.15, 0.2) is 0 Å². The molecule has 0 atom stereocenters. The summed E-state index contributed by atoms with van der Waals surface area (Å²) < 4.78 is 0. The zero-order valence-corrected chi connectivity index (χ0v) is 13.9. The predicted octanol–water partition coefficient (Wildman–Crippen LogP) is 4.61. The van der Waals surface area contributed by atoms with E-state index in [0.29, 0.717) is 5.69 Å². The number of nitrogens with zero attached hydrogens (tertiary/aromatic N) is 3. The van der Waals surface area contributed by atoms with E-state index < -0.39 is 4.92 Å². The Hall–Kier alpha value is -2.95. The monoisotopic (exact) mass is 321 g/mol. The van der Waals surface area contributed by atoms with Gasteiger partial charge in [0.25, 0.3) is 5.69 Å². The largest absolute Gasteiger partial charge is 0.347 e. The van der Waals surface area contributed by atoms with Gasteiger partial charge in [0.2, 0.25) is 0 Å². The van der Waals surface area contributed by atoms with Gasteiger partial charge in [-0.25, -0.2) is 0 Å². The normalized spacial score (nSPS) is 17.5. The number of rotatable bonds is 3. The third-order valence-corrected chi connectivity index (χ3v) is 4.44. The summed E-state index contributed by atoms with van der Waals surface area (Å²) in [5, 5.41) is 10.8. The van der Waals surface area contributed by atoms with E-state index in [1.165, 1.54) is 23.4 Å². The molecule has 5 heteroatoms. The highest BCUT2D eigenvalue weighted by Gasteiger charge is 2.37. The van der Waals surface area contributed by atoms with Crippen LogP contribution in [0.1, 0.15) is 19.4 Å². The second kappa shape index (κ2) is 5.92. The van der Waals surface area contributed by atoms with E-state index in [2.05, 4.69) is 41.9 Å². The zero-order chi connectivity index (χ0) is 17.3. The molecule has 0 radical (unpaired) electrons. The number of fused-ring (bicyclic) bond motifs is 1. The van der Waals surface area contributed by atoms with Gasteiger partial charge in [-0.1, -0.05) is 38.1 Å². The molecule has 0 fully saturated rings. The number of nitro groups is 1. The van der Waals surface area contributed by atoms with Crippen molar-refractivity contribution in [2.75, 3.05) is 11.9 Å². The maximum Gasteiger partial charge on any atom is 0.271 e. The lowest BCUT2D eigenvalue weighted by Crippen LogP contribution is -2.22. The number of benzene rings is 2. The van der Waals surface area contributed by atoms with E-state index in [1.807, 2.05) is 19.2 Å². The maximum atomic E-state index is 10.8. The molecule has 3 rings (SSSR count). The molecule has 1 heterocycles. The van der Waals surface area contributed by atoms with Gasteiger partial charge in [-0.2, -0.15) is 0 Å². The lowest BCUT2D eigenvalue weighted by molar-refractivity contribution is -0.384. The summed E-state index contributed by atoms with van der Waals surface area (Å²) >= 11 is 0. The number of hydrogen-bond donors (Lipinski definition) is 0. The van der Waals surface area contributed by atoms with E-state index in [-0.39, 0.29) is 11.1 Å². The minimum Gasteiger partial charge on any atom is -0.347 e. The van der Waals surface area contributed by atoms with Crippen molar-refractivity contribution < 1.29 is 4.92 Å². The average molecular weight is 321 g/mol. The zero-order valence-electron chi connectivity index (χ0n) is 13.9. The van der Waals surface area contributed by atoms with Crippen molar-refractivity contribution >= 4 is 23.3 Å². The summed E-state index contributed by atoms with van der Waals surface area (Å²) in [6, 6.07) is 14.6. The average Bonchev–Trinajstić information content (AvgIpc) is 2.76. The Labute approximate surface area is 141 Å². The fourth-order valence-corrected chi connectivity index (χ4v) is 3.18. The van der Waals surface area contributed by atoms with Gasteiger partial charge in [-0.15, -0.1) is 0 Å². The van der Waals surface area contributed by atoms with Crippen LogP contribution in [0.25, 0.3) is 0 Å². The van der Waals surface area contributed by atoms with Crippen LogP contribution < -0.4 is 4.90 Å². The second-order valence-corrected chi connectivity index (χ2v) is 6.31. The van der Waals surface area contributed by atoms with Gasteiger partial charge in [0, 0.05) is 42.2 Å². The lowest BCUT2D eigenvalue weighted by Gasteiger charge is -2.23. The van der Waals surface area contributed by atoms with Crippen LogP contribution in [0.15, 0.2) is 65.3 Å². The Balaban J connectivity index is 1.90. The molecule has 1 aliphatic heterocycles. The smallest absolute Gasteiger partial charge is 0.271 e. The van der Waals surface area contributed by atoms with Gasteiger partial charge < -0.3 is 4.90 Å². The van der Waals surface area contributed by atoms with Crippen LogP contribution in [-0.2, 0) is 5.41 Å². The molecule has 2 aromatic carbocycles. The molecule has 0 spiro atoms. The molecule has 1 aliphatic rings. The van der Waals surface area contributed by atoms with Crippen molar-refractivity contribution in [3.05, 3.63) is 76.0 Å². The predicted molar refractivity (Wildman–Crippen MR) is 97.2 cm³/mol. The summed E-state index contributed by atoms with van der Waals surface area (Å²) in [4.78, 5) is 16.9. The fraction of sp³-hybridized carbons (Fsp3) is 0.211. The number of hydrogen-bond acceptors (Lipinski definition) is 4. The van der Waals surface area contributed by atoms with E-state index >= 15 is 0 Å². The van der Waals surface area contributed by atoms with E-state index in [0.717, 1.165) is 5.70 Å². The van der Waals surface area contributed by atoms with Crippen molar-refractivity contribution in [1.82, 2.24) is 0 Å². The van der Waals surface area contributed by atoms with E-state index in [9.17, 15) is 10.1 Å². The molecule has 2 aromatic rings. The number of allylic oxidation sites excluding steroid dienone is 2. The maximum absolute atomic E-state index is 10.8. The topological polar surface area (TPSA) is 58.7 Å². The molecule has 5 nitrogen and oxygen atoms in total. The number of para-hydroxylation sites is 1. The third kappa shape index (κ3) is 2.69. The van der Waals surface area contributed by atoms with Crippen molar-refractivity contribution in [3.63, 3.8) is 0 Å². The Bertz CT molecular complexity index is 853. The highest BCUT2D eigenvalue weighted by Crippen LogP contribution is 2.46. The van der Waals surface area contributed by atoms with Crippen LogP contribution in [0.5, 0.6) is 0 Å². The van der Waals surface area contributed by atoms with E-state index in [1.54, 1.807) is 18.3 Å². The highest BCUT2D eigenvalue weighted by atomic mass is 16.6. The third-order valence-electron chi connectivity index (χ3n) is 4.44. The quantitative estimate of drug-likeness (QED) is 0.471. The Morgan fingerprint density at radius 1 is 1.17 bits per heavy atom. The molecule has 0 amide bonds. The van der Waals surface area contributed by atoms with Gasteiger partial charge in [0.05, 0.1) is 10.6 Å². The molecule has 0 saturated carbocycles. The van der Waals surface area contributed by atoms with Crippen molar-refractivity contribution in [3.8, 4) is 0 Å². The minimum absolute atomic E-state index is 0.0445. The highest BCUT2D eigenvalue weighted by molar-refractivity contribution is 5.81. The molecule has 0 bridgehead atoms. The molecule has 0 aliphatic carbocycles. The minimum atomic E-state index is -0.415. The lowest BCUT2D eigenvalue weighted by atomic mass is 9.84. The fourth-order valence-electron chi connectivity index (χ4n) is 3.18. The Morgan fingerprint density at radius 3 is 2.62 bits per heavy atom. The molecule has 0 saturated heterocycles. The molecule has 0 N–H and O–H groups in total. The first kappa shape index (κ1) is 15.9. The summed E-state index contributed by atoms with van der Waals surface area (Å²) in [7, 11) is 2.04. The number of nitro benzene ring substituents is 1. The van der Waals surface area contributed by atoms with Gasteiger partial charge in [-0.05, 0) is 23.8 Å². The van der Waals surface area contributed by atoms with Crippen LogP contribution in [0, 0.1) is 10.1 Å². The van der Waals surface area contributed by atoms with Crippen LogP contribution in [0.4, 0.5) is 17.1 Å². The van der Waals surface area contributed by atoms with Crippen molar-refractivity contribution in [1.29, 1.82) is 0 Å². The number of anilines is 1. The van der Waals surface area contributed by atoms with Crippen LogP contribution in [0.3, 0.4) is 0 Å². The summed E-state index contributed by atoms with van der Waals surface area (Å²) in [5.41, 5.74) is 4.11. The van der Waals surface area contributed by atoms with Gasteiger partial charge >= 0.3 is 0 Å². The van der Waals surface area contributed by atoms with Crippen LogP contribution >= 0.6 is 0 Å². The summed E-state index contributed by atoms with van der Waals surface area (Å²) in [6.07, 6.45) is 3.68. The molecule has 122 valence electrons. The Morgan fingerprint density at radius 2 is 1.92 bits per heavy atom. The first-order chi connectivity index (χ1) is 11.4. The molecular weight excluding hydrogens is 302 g/mol. The Kier molecular flexibility index (Phi) is 3.93. The second-order valence-electron chi connectivity index (χ2n) is 6.31. The van der Waals surface area contributed by atoms with Crippen LogP contribution in [0.2, 0.25) is 0 Å². The van der Waals surface area contributed by atoms with Crippen LogP contribution in [-0.4, -0.2) is 18.2 Å². The molecule has 0 unspecified atom stereocenters. The van der Waals surface area contributed by atoms with Crippen molar-refractivity contribution in [2.45, 2.75) is 19.3 Å². The first-order valence-electron chi connectivity index (χ1n) is 7.74. The molecule has 24 heavy (non-hydrogen) atoms. The summed E-state index contributed by atoms with van der Waals surface area (Å²) in [5.74, 6) is 0. The summed E-state index contributed by atoms with van der Waals surface area (Å²) in [6.45, 7) is 4.37. The number of likely N-dealkylation sites (N-methyl/N-ethyl adjacent to an activating group) is 1. The molecule has 0 aromatic heterocycles. The van der Waals surface area contributed by atoms with E-state index in [4.69, 9.17) is 0 Å². The standard InChI is InChI=1S/C19H19N3O2/c1-19(2)16-9-4-5-10-17(16)21(3)18(19)11-12-20-14-7-6-8-15(13-14)22(23)24/h4-13H,1-3H3. The SMILES string of the molecule is CN1C(=CC=Nc2cccc([N+](=O)[O-])c2)C(C)(C)c2ccccc21. The number of aliphatic imine (C=N–C) groups is 1. The molecular formula is C19H19N3O2. The van der Waals surface area contributed by atoms with Crippen molar-refractivity contribution in [2.24, 2.45) is 4.99 Å². The first-order valence-corrected chi connectivity index (χ1v) is 7.74.